The van der Waals surface area contributed by atoms with E-state index in [2.05, 4.69) is 18.6 Å². The Morgan fingerprint density at radius 3 is 1.96 bits per heavy atom. The fraction of sp³-hybridized carbons (Fsp3) is 0.647. The van der Waals surface area contributed by atoms with Gasteiger partial charge in [0.05, 0.1) is 9.79 Å². The molecule has 0 spiro atoms. The van der Waals surface area contributed by atoms with Gasteiger partial charge < -0.3 is 0 Å². The van der Waals surface area contributed by atoms with Crippen LogP contribution >= 0.6 is 0 Å². The number of benzene rings is 1. The maximum Gasteiger partial charge on any atom is 0.243 e. The quantitative estimate of drug-likeness (QED) is 0.742. The van der Waals surface area contributed by atoms with Gasteiger partial charge in [0.2, 0.25) is 20.0 Å². The third kappa shape index (κ3) is 5.26. The first-order chi connectivity index (χ1) is 11.6. The highest BCUT2D eigenvalue weighted by atomic mass is 32.2. The van der Waals surface area contributed by atoms with Crippen LogP contribution in [0, 0.1) is 5.92 Å². The Balaban J connectivity index is 2.10. The van der Waals surface area contributed by atoms with E-state index in [0.29, 0.717) is 19.0 Å². The van der Waals surface area contributed by atoms with Crippen LogP contribution in [0.5, 0.6) is 0 Å². The molecule has 1 unspecified atom stereocenters. The van der Waals surface area contributed by atoms with E-state index in [-0.39, 0.29) is 15.8 Å². The second-order valence-electron chi connectivity index (χ2n) is 7.08. The second-order valence-corrected chi connectivity index (χ2v) is 10.7. The van der Waals surface area contributed by atoms with Crippen molar-refractivity contribution in [3.05, 3.63) is 24.3 Å². The second kappa shape index (κ2) is 8.16. The number of rotatable bonds is 8. The highest BCUT2D eigenvalue weighted by Gasteiger charge is 2.27. The van der Waals surface area contributed by atoms with Crippen LogP contribution in [0.2, 0.25) is 0 Å². The fourth-order valence-electron chi connectivity index (χ4n) is 2.84. The molecule has 1 aliphatic heterocycles. The van der Waals surface area contributed by atoms with Gasteiger partial charge in [-0.25, -0.2) is 21.6 Å². The Labute approximate surface area is 151 Å². The van der Waals surface area contributed by atoms with E-state index in [4.69, 9.17) is 0 Å². The standard InChI is InChI=1S/C17H28N2O4S2/c1-14(2)6-7-15(3)18-24(20,21)16-8-10-17(11-9-16)25(22,23)19-12-4-5-13-19/h8-11,14-15,18H,4-7,12-13H2,1-3H3. The molecule has 1 saturated heterocycles. The normalized spacial score (nSPS) is 17.9. The molecular weight excluding hydrogens is 360 g/mol. The first-order valence-electron chi connectivity index (χ1n) is 8.75. The van der Waals surface area contributed by atoms with Crippen molar-refractivity contribution in [3.63, 3.8) is 0 Å². The smallest absolute Gasteiger partial charge is 0.208 e. The zero-order valence-corrected chi connectivity index (χ0v) is 16.7. The third-order valence-corrected chi connectivity index (χ3v) is 7.89. The summed E-state index contributed by atoms with van der Waals surface area (Å²) in [5, 5.41) is 0. The molecule has 0 saturated carbocycles. The van der Waals surface area contributed by atoms with Crippen molar-refractivity contribution in [2.45, 2.75) is 62.3 Å². The largest absolute Gasteiger partial charge is 0.243 e. The molecule has 0 aliphatic carbocycles. The van der Waals surface area contributed by atoms with Crippen LogP contribution in [-0.4, -0.2) is 40.3 Å². The highest BCUT2D eigenvalue weighted by molar-refractivity contribution is 7.89. The summed E-state index contributed by atoms with van der Waals surface area (Å²) < 4.78 is 53.9. The lowest BCUT2D eigenvalue weighted by molar-refractivity contribution is 0.477. The van der Waals surface area contributed by atoms with Crippen molar-refractivity contribution in [3.8, 4) is 0 Å². The monoisotopic (exact) mass is 388 g/mol. The summed E-state index contributed by atoms with van der Waals surface area (Å²) in [4.78, 5) is 0.227. The number of nitrogens with zero attached hydrogens (tertiary/aromatic N) is 1. The Morgan fingerprint density at radius 2 is 1.44 bits per heavy atom. The van der Waals surface area contributed by atoms with Gasteiger partial charge in [-0.2, -0.15) is 4.31 Å². The molecule has 2 rings (SSSR count). The lowest BCUT2D eigenvalue weighted by Crippen LogP contribution is -2.33. The molecule has 0 bridgehead atoms. The molecule has 142 valence electrons. The molecule has 0 radical (unpaired) electrons. The first-order valence-corrected chi connectivity index (χ1v) is 11.7. The molecule has 0 aromatic heterocycles. The van der Waals surface area contributed by atoms with Crippen LogP contribution in [0.4, 0.5) is 0 Å². The van der Waals surface area contributed by atoms with E-state index in [1.807, 2.05) is 6.92 Å². The Bertz CT molecular complexity index is 765. The summed E-state index contributed by atoms with van der Waals surface area (Å²) in [6.07, 6.45) is 3.43. The molecule has 1 heterocycles. The van der Waals surface area contributed by atoms with Crippen LogP contribution in [0.3, 0.4) is 0 Å². The summed E-state index contributed by atoms with van der Waals surface area (Å²) in [5.41, 5.74) is 0. The molecule has 1 N–H and O–H groups in total. The third-order valence-electron chi connectivity index (χ3n) is 4.37. The molecule has 1 aromatic carbocycles. The predicted octanol–water partition coefficient (Wildman–Crippen LogP) is 2.57. The van der Waals surface area contributed by atoms with Crippen LogP contribution in [-0.2, 0) is 20.0 Å². The number of hydrogen-bond donors (Lipinski definition) is 1. The van der Waals surface area contributed by atoms with Crippen molar-refractivity contribution >= 4 is 20.0 Å². The van der Waals surface area contributed by atoms with E-state index < -0.39 is 20.0 Å². The van der Waals surface area contributed by atoms with Gasteiger partial charge in [0.15, 0.2) is 0 Å². The lowest BCUT2D eigenvalue weighted by atomic mass is 10.1. The van der Waals surface area contributed by atoms with Crippen LogP contribution < -0.4 is 4.72 Å². The van der Waals surface area contributed by atoms with Gasteiger partial charge >= 0.3 is 0 Å². The summed E-state index contributed by atoms with van der Waals surface area (Å²) in [6.45, 7) is 7.09. The average molecular weight is 389 g/mol. The average Bonchev–Trinajstić information content (AvgIpc) is 3.08. The van der Waals surface area contributed by atoms with Crippen LogP contribution in [0.15, 0.2) is 34.1 Å². The number of sulfonamides is 2. The van der Waals surface area contributed by atoms with Crippen molar-refractivity contribution in [2.75, 3.05) is 13.1 Å². The summed E-state index contributed by atoms with van der Waals surface area (Å²) in [5.74, 6) is 0.516. The Kier molecular flexibility index (Phi) is 6.64. The summed E-state index contributed by atoms with van der Waals surface area (Å²) in [7, 11) is -7.17. The van der Waals surface area contributed by atoms with Crippen molar-refractivity contribution in [1.29, 1.82) is 0 Å². The molecule has 8 heteroatoms. The molecule has 25 heavy (non-hydrogen) atoms. The minimum atomic E-state index is -3.65. The fourth-order valence-corrected chi connectivity index (χ4v) is 5.64. The van der Waals surface area contributed by atoms with Gasteiger partial charge in [0, 0.05) is 19.1 Å². The lowest BCUT2D eigenvalue weighted by Gasteiger charge is -2.17. The summed E-state index contributed by atoms with van der Waals surface area (Å²) >= 11 is 0. The van der Waals surface area contributed by atoms with E-state index in [1.165, 1.54) is 28.6 Å². The predicted molar refractivity (Wildman–Crippen MR) is 98.3 cm³/mol. The van der Waals surface area contributed by atoms with E-state index in [9.17, 15) is 16.8 Å². The highest BCUT2D eigenvalue weighted by Crippen LogP contribution is 2.22. The molecular formula is C17H28N2O4S2. The van der Waals surface area contributed by atoms with Crippen molar-refractivity contribution in [1.82, 2.24) is 9.03 Å². The maximum atomic E-state index is 12.5. The van der Waals surface area contributed by atoms with Gasteiger partial charge in [0.1, 0.15) is 0 Å². The SMILES string of the molecule is CC(C)CCC(C)NS(=O)(=O)c1ccc(S(=O)(=O)N2CCCC2)cc1. The van der Waals surface area contributed by atoms with Gasteiger partial charge in [-0.1, -0.05) is 13.8 Å². The molecule has 1 aliphatic rings. The van der Waals surface area contributed by atoms with Crippen LogP contribution in [0.25, 0.3) is 0 Å². The number of nitrogens with one attached hydrogen (secondary N) is 1. The molecule has 1 aromatic rings. The van der Waals surface area contributed by atoms with Crippen molar-refractivity contribution in [2.24, 2.45) is 5.92 Å². The van der Waals surface area contributed by atoms with E-state index >= 15 is 0 Å². The minimum Gasteiger partial charge on any atom is -0.208 e. The number of hydrogen-bond acceptors (Lipinski definition) is 4. The zero-order chi connectivity index (χ0) is 18.7. The summed E-state index contributed by atoms with van der Waals surface area (Å²) in [6, 6.07) is 5.31. The van der Waals surface area contributed by atoms with E-state index in [0.717, 1.165) is 25.7 Å². The van der Waals surface area contributed by atoms with Crippen molar-refractivity contribution < 1.29 is 16.8 Å². The molecule has 1 fully saturated rings. The zero-order valence-electron chi connectivity index (χ0n) is 15.1. The maximum absolute atomic E-state index is 12.5. The molecule has 6 nitrogen and oxygen atoms in total. The minimum absolute atomic E-state index is 0.0873. The van der Waals surface area contributed by atoms with E-state index in [1.54, 1.807) is 0 Å². The topological polar surface area (TPSA) is 83.5 Å². The Morgan fingerprint density at radius 1 is 0.920 bits per heavy atom. The van der Waals surface area contributed by atoms with Gasteiger partial charge in [-0.3, -0.25) is 0 Å². The van der Waals surface area contributed by atoms with Gasteiger partial charge in [0.25, 0.3) is 0 Å². The Hall–Kier alpha value is -0.960. The van der Waals surface area contributed by atoms with Gasteiger partial charge in [-0.05, 0) is 62.8 Å². The van der Waals surface area contributed by atoms with Crippen LogP contribution in [0.1, 0.15) is 46.5 Å². The van der Waals surface area contributed by atoms with Gasteiger partial charge in [-0.15, -0.1) is 0 Å². The molecule has 0 amide bonds. The first kappa shape index (κ1) is 20.4. The molecule has 1 atom stereocenters.